The van der Waals surface area contributed by atoms with Gasteiger partial charge in [0.05, 0.1) is 22.1 Å². The minimum absolute atomic E-state index is 0.292. The molecule has 3 heteroatoms. The maximum atomic E-state index is 5.91. The highest BCUT2D eigenvalue weighted by atomic mass is 15.0. The summed E-state index contributed by atoms with van der Waals surface area (Å²) < 4.78 is 4.75. The van der Waals surface area contributed by atoms with E-state index in [2.05, 4.69) is 226 Å². The molecule has 2 heterocycles. The van der Waals surface area contributed by atoms with Gasteiger partial charge in [-0.1, -0.05) is 148 Å². The number of nitrogens with zero attached hydrogens (tertiary/aromatic N) is 2. The summed E-state index contributed by atoms with van der Waals surface area (Å²) in [5.41, 5.74) is 27.4. The third-order valence-electron chi connectivity index (χ3n) is 13.9. The standard InChI is InChI=1S/C63H55N3/c1-8-15-40(4)65-60-31-29-50(49-27-23-47(24-28-49)45-19-12-11-13-20-45)34-56(60)58-36-52-42(6)43(7)53-37-59-57-35-51(48-25-21-46(22-26-48)44(16-9-2)17-10-3)30-32-61(57)66(41(5)18-14-33-64)63(59)39-55(53)54(52)38-62(58)65/h8-39,42-43H,2,4,64H2,1,3,5-7H3/b15-8-,17-10-,33-14-,41-18+,44-16+. The molecular formula is C63H55N3. The topological polar surface area (TPSA) is 35.9 Å². The van der Waals surface area contributed by atoms with Gasteiger partial charge in [-0.2, -0.15) is 0 Å². The molecule has 322 valence electrons. The largest absolute Gasteiger partial charge is 0.405 e. The van der Waals surface area contributed by atoms with Crippen molar-refractivity contribution >= 4 is 60.6 Å². The first kappa shape index (κ1) is 42.1. The van der Waals surface area contributed by atoms with Crippen molar-refractivity contribution in [3.63, 3.8) is 0 Å². The summed E-state index contributed by atoms with van der Waals surface area (Å²) >= 11 is 0. The van der Waals surface area contributed by atoms with Crippen LogP contribution in [-0.4, -0.2) is 9.13 Å². The van der Waals surface area contributed by atoms with Crippen LogP contribution in [0.4, 0.5) is 0 Å². The second kappa shape index (κ2) is 17.3. The van der Waals surface area contributed by atoms with E-state index >= 15 is 0 Å². The van der Waals surface area contributed by atoms with Gasteiger partial charge >= 0.3 is 0 Å². The van der Waals surface area contributed by atoms with Crippen molar-refractivity contribution in [1.82, 2.24) is 9.13 Å². The highest BCUT2D eigenvalue weighted by Crippen LogP contribution is 2.51. The van der Waals surface area contributed by atoms with Gasteiger partial charge in [0.25, 0.3) is 0 Å². The zero-order valence-electron chi connectivity index (χ0n) is 38.5. The lowest BCUT2D eigenvalue weighted by Gasteiger charge is -2.32. The van der Waals surface area contributed by atoms with Crippen molar-refractivity contribution in [2.24, 2.45) is 5.73 Å². The zero-order valence-corrected chi connectivity index (χ0v) is 38.5. The van der Waals surface area contributed by atoms with Gasteiger partial charge in [0.15, 0.2) is 0 Å². The van der Waals surface area contributed by atoms with Crippen LogP contribution in [0.5, 0.6) is 0 Å². The van der Waals surface area contributed by atoms with Gasteiger partial charge in [-0.15, -0.1) is 0 Å². The predicted molar refractivity (Wildman–Crippen MR) is 287 cm³/mol. The lowest BCUT2D eigenvalue weighted by atomic mass is 9.72. The molecule has 0 radical (unpaired) electrons. The Hall–Kier alpha value is -7.88. The van der Waals surface area contributed by atoms with Crippen LogP contribution in [-0.2, 0) is 0 Å². The minimum atomic E-state index is 0.292. The van der Waals surface area contributed by atoms with Gasteiger partial charge in [0, 0.05) is 32.9 Å². The molecule has 1 aliphatic carbocycles. The number of hydrogen-bond acceptors (Lipinski definition) is 1. The molecule has 9 aromatic rings. The second-order valence-corrected chi connectivity index (χ2v) is 17.7. The lowest BCUT2D eigenvalue weighted by Crippen LogP contribution is -2.13. The molecule has 3 nitrogen and oxygen atoms in total. The molecule has 66 heavy (non-hydrogen) atoms. The second-order valence-electron chi connectivity index (χ2n) is 17.7. The molecule has 0 spiro atoms. The van der Waals surface area contributed by atoms with Crippen molar-refractivity contribution in [2.45, 2.75) is 46.5 Å². The number of benzene rings is 7. The van der Waals surface area contributed by atoms with Gasteiger partial charge in [0.1, 0.15) is 0 Å². The molecule has 2 atom stereocenters. The minimum Gasteiger partial charge on any atom is -0.405 e. The monoisotopic (exact) mass is 853 g/mol. The molecule has 2 unspecified atom stereocenters. The summed E-state index contributed by atoms with van der Waals surface area (Å²) in [7, 11) is 0. The number of allylic oxidation sites excluding steroid dienone is 11. The molecule has 10 rings (SSSR count). The highest BCUT2D eigenvalue weighted by molar-refractivity contribution is 6.15. The number of fused-ring (bicyclic) bond motifs is 9. The SMILES string of the molecule is C=C/C=C(\C=C/C)c1ccc(-c2ccc3c(c2)c2cc4c(cc2n3/C(C)=C/C=C\N)-c2cc3c(cc2C(C)C4C)c2cc(-c4ccc(-c5ccccc5)cc4)ccc2n3C(=C)/C=C\C)cc1. The molecule has 0 aliphatic heterocycles. The molecular weight excluding hydrogens is 799 g/mol. The third kappa shape index (κ3) is 7.09. The Labute approximate surface area is 388 Å². The van der Waals surface area contributed by atoms with Crippen LogP contribution in [0, 0.1) is 0 Å². The molecule has 7 aromatic carbocycles. The zero-order chi connectivity index (χ0) is 45.6. The van der Waals surface area contributed by atoms with Crippen molar-refractivity contribution in [2.75, 3.05) is 0 Å². The van der Waals surface area contributed by atoms with Gasteiger partial charge in [-0.25, -0.2) is 0 Å². The number of nitrogens with two attached hydrogens (primary N) is 1. The van der Waals surface area contributed by atoms with Gasteiger partial charge in [-0.3, -0.25) is 0 Å². The van der Waals surface area contributed by atoms with Crippen LogP contribution in [0.1, 0.15) is 63.1 Å². The van der Waals surface area contributed by atoms with Gasteiger partial charge in [-0.05, 0) is 172 Å². The lowest BCUT2D eigenvalue weighted by molar-refractivity contribution is 0.617. The quantitative estimate of drug-likeness (QED) is 0.137. The van der Waals surface area contributed by atoms with Gasteiger partial charge < -0.3 is 14.9 Å². The van der Waals surface area contributed by atoms with Crippen LogP contribution < -0.4 is 5.73 Å². The van der Waals surface area contributed by atoms with Gasteiger partial charge in [0.2, 0.25) is 0 Å². The average Bonchev–Trinajstić information content (AvgIpc) is 3.85. The smallest absolute Gasteiger partial charge is 0.0547 e. The first-order valence-corrected chi connectivity index (χ1v) is 23.1. The summed E-state index contributed by atoms with van der Waals surface area (Å²) in [4.78, 5) is 0. The first-order valence-electron chi connectivity index (χ1n) is 23.1. The Bertz CT molecular complexity index is 3540. The van der Waals surface area contributed by atoms with E-state index in [1.54, 1.807) is 6.20 Å². The molecule has 1 aliphatic rings. The normalized spacial score (nSPS) is 15.5. The van der Waals surface area contributed by atoms with Crippen molar-refractivity contribution < 1.29 is 0 Å². The molecule has 2 aromatic heterocycles. The molecule has 0 saturated heterocycles. The summed E-state index contributed by atoms with van der Waals surface area (Å²) in [6.45, 7) is 19.6. The summed E-state index contributed by atoms with van der Waals surface area (Å²) in [6.07, 6.45) is 17.9. The Morgan fingerprint density at radius 3 is 1.53 bits per heavy atom. The van der Waals surface area contributed by atoms with E-state index in [1.807, 2.05) is 19.1 Å². The van der Waals surface area contributed by atoms with Crippen molar-refractivity contribution in [3.8, 4) is 44.5 Å². The van der Waals surface area contributed by atoms with E-state index in [4.69, 9.17) is 5.73 Å². The van der Waals surface area contributed by atoms with E-state index in [1.165, 1.54) is 88.2 Å². The summed E-state index contributed by atoms with van der Waals surface area (Å²) in [5.74, 6) is 0.585. The van der Waals surface area contributed by atoms with Crippen molar-refractivity contribution in [1.29, 1.82) is 0 Å². The van der Waals surface area contributed by atoms with Crippen LogP contribution in [0.2, 0.25) is 0 Å². The highest BCUT2D eigenvalue weighted by Gasteiger charge is 2.31. The molecule has 0 bridgehead atoms. The van der Waals surface area contributed by atoms with E-state index in [0.717, 1.165) is 33.6 Å². The molecule has 2 N–H and O–H groups in total. The van der Waals surface area contributed by atoms with E-state index in [9.17, 15) is 0 Å². The van der Waals surface area contributed by atoms with Crippen LogP contribution in [0.15, 0.2) is 207 Å². The maximum absolute atomic E-state index is 5.91. The molecule has 0 saturated carbocycles. The number of hydrogen-bond donors (Lipinski definition) is 1. The first-order chi connectivity index (χ1) is 32.2. The number of rotatable bonds is 10. The predicted octanol–water partition coefficient (Wildman–Crippen LogP) is 17.3. The third-order valence-corrected chi connectivity index (χ3v) is 13.9. The van der Waals surface area contributed by atoms with Crippen LogP contribution in [0.25, 0.3) is 105 Å². The Morgan fingerprint density at radius 1 is 0.530 bits per heavy atom. The molecule has 0 fully saturated rings. The summed E-state index contributed by atoms with van der Waals surface area (Å²) in [5, 5.41) is 4.96. The Kier molecular flexibility index (Phi) is 11.0. The summed E-state index contributed by atoms with van der Waals surface area (Å²) in [6, 6.07) is 52.1. The Morgan fingerprint density at radius 2 is 1.00 bits per heavy atom. The molecule has 0 amide bonds. The van der Waals surface area contributed by atoms with E-state index < -0.39 is 0 Å². The fourth-order valence-corrected chi connectivity index (χ4v) is 10.4. The van der Waals surface area contributed by atoms with Crippen LogP contribution in [0.3, 0.4) is 0 Å². The van der Waals surface area contributed by atoms with Crippen LogP contribution >= 0.6 is 0 Å². The van der Waals surface area contributed by atoms with E-state index in [-0.39, 0.29) is 0 Å². The van der Waals surface area contributed by atoms with E-state index in [0.29, 0.717) is 11.8 Å². The maximum Gasteiger partial charge on any atom is 0.0547 e. The number of aromatic nitrogens is 2. The average molecular weight is 854 g/mol. The fourth-order valence-electron chi connectivity index (χ4n) is 10.4. The van der Waals surface area contributed by atoms with Crippen molar-refractivity contribution in [3.05, 3.63) is 224 Å². The Balaban J connectivity index is 1.16. The fraction of sp³-hybridized carbons (Fsp3) is 0.111.